The van der Waals surface area contributed by atoms with Gasteiger partial charge in [0.2, 0.25) is 0 Å². The Kier molecular flexibility index (Phi) is 4.92. The Morgan fingerprint density at radius 1 is 1.15 bits per heavy atom. The summed E-state index contributed by atoms with van der Waals surface area (Å²) in [7, 11) is 1.66. The van der Waals surface area contributed by atoms with Crippen molar-refractivity contribution in [2.45, 2.75) is 38.2 Å². The smallest absolute Gasteiger partial charge is 0.150 e. The van der Waals surface area contributed by atoms with Crippen LogP contribution in [-0.2, 0) is 6.42 Å². The lowest BCUT2D eigenvalue weighted by Gasteiger charge is -2.44. The largest absolute Gasteiger partial charge is 0.496 e. The summed E-state index contributed by atoms with van der Waals surface area (Å²) in [4.78, 5) is 13.7. The SMILES string of the molecule is CCN1CCC2(CCc3cc(-c4cc(C=O)ccc4OC)ccc3O2)CC1. The minimum absolute atomic E-state index is 0.00924. The van der Waals surface area contributed by atoms with Crippen molar-refractivity contribution in [2.75, 3.05) is 26.7 Å². The van der Waals surface area contributed by atoms with Crippen molar-refractivity contribution < 1.29 is 14.3 Å². The summed E-state index contributed by atoms with van der Waals surface area (Å²) in [5.41, 5.74) is 3.92. The number of benzene rings is 2. The van der Waals surface area contributed by atoms with E-state index < -0.39 is 0 Å². The molecule has 2 aromatic carbocycles. The van der Waals surface area contributed by atoms with Gasteiger partial charge in [-0.3, -0.25) is 4.79 Å². The minimum Gasteiger partial charge on any atom is -0.496 e. The molecule has 2 aliphatic rings. The van der Waals surface area contributed by atoms with Crippen LogP contribution in [0.1, 0.15) is 42.1 Å². The third-order valence-electron chi connectivity index (χ3n) is 6.12. The summed E-state index contributed by atoms with van der Waals surface area (Å²) < 4.78 is 12.0. The van der Waals surface area contributed by atoms with E-state index in [-0.39, 0.29) is 5.60 Å². The van der Waals surface area contributed by atoms with E-state index in [1.54, 1.807) is 13.2 Å². The van der Waals surface area contributed by atoms with E-state index in [9.17, 15) is 4.79 Å². The zero-order valence-electron chi connectivity index (χ0n) is 16.2. The number of rotatable bonds is 4. The number of hydrogen-bond acceptors (Lipinski definition) is 4. The molecule has 0 aliphatic carbocycles. The lowest BCUT2D eigenvalue weighted by atomic mass is 9.82. The molecule has 1 spiro atoms. The average molecular weight is 365 g/mol. The van der Waals surface area contributed by atoms with Crippen LogP contribution in [0.3, 0.4) is 0 Å². The van der Waals surface area contributed by atoms with E-state index in [2.05, 4.69) is 30.0 Å². The zero-order chi connectivity index (χ0) is 18.9. The quantitative estimate of drug-likeness (QED) is 0.755. The van der Waals surface area contributed by atoms with Gasteiger partial charge < -0.3 is 14.4 Å². The Morgan fingerprint density at radius 2 is 1.96 bits per heavy atom. The molecule has 0 amide bonds. The molecule has 4 nitrogen and oxygen atoms in total. The molecule has 0 atom stereocenters. The second-order valence-corrected chi connectivity index (χ2v) is 7.62. The van der Waals surface area contributed by atoms with E-state index in [0.717, 1.165) is 74.2 Å². The first kappa shape index (κ1) is 18.1. The molecule has 27 heavy (non-hydrogen) atoms. The Bertz CT molecular complexity index is 838. The van der Waals surface area contributed by atoms with Gasteiger partial charge in [0.05, 0.1) is 7.11 Å². The van der Waals surface area contributed by atoms with Crippen molar-refractivity contribution in [3.8, 4) is 22.6 Å². The third-order valence-corrected chi connectivity index (χ3v) is 6.12. The van der Waals surface area contributed by atoms with Crippen molar-refractivity contribution in [3.63, 3.8) is 0 Å². The molecule has 0 saturated carbocycles. The third kappa shape index (κ3) is 3.46. The Balaban J connectivity index is 1.61. The fourth-order valence-corrected chi connectivity index (χ4v) is 4.34. The molecule has 2 heterocycles. The second-order valence-electron chi connectivity index (χ2n) is 7.62. The van der Waals surface area contributed by atoms with Crippen molar-refractivity contribution in [1.29, 1.82) is 0 Å². The lowest BCUT2D eigenvalue weighted by Crippen LogP contribution is -2.49. The Labute approximate surface area is 161 Å². The maximum atomic E-state index is 11.2. The zero-order valence-corrected chi connectivity index (χ0v) is 16.2. The number of carbonyl (C=O) groups is 1. The summed E-state index contributed by atoms with van der Waals surface area (Å²) in [5.74, 6) is 1.79. The van der Waals surface area contributed by atoms with Crippen LogP contribution < -0.4 is 9.47 Å². The summed E-state index contributed by atoms with van der Waals surface area (Å²) >= 11 is 0. The predicted octanol–water partition coefficient (Wildman–Crippen LogP) is 4.35. The lowest BCUT2D eigenvalue weighted by molar-refractivity contribution is -0.0132. The molecule has 142 valence electrons. The number of carbonyl (C=O) groups excluding carboxylic acids is 1. The molecule has 1 fully saturated rings. The highest BCUT2D eigenvalue weighted by Crippen LogP contribution is 2.41. The molecule has 0 aromatic heterocycles. The van der Waals surface area contributed by atoms with Crippen LogP contribution in [0.2, 0.25) is 0 Å². The highest BCUT2D eigenvalue weighted by molar-refractivity contribution is 5.82. The summed E-state index contributed by atoms with van der Waals surface area (Å²) in [6, 6.07) is 11.9. The van der Waals surface area contributed by atoms with E-state index in [1.807, 2.05) is 12.1 Å². The molecule has 0 N–H and O–H groups in total. The molecule has 0 unspecified atom stereocenters. The van der Waals surface area contributed by atoms with E-state index >= 15 is 0 Å². The van der Waals surface area contributed by atoms with Crippen molar-refractivity contribution in [3.05, 3.63) is 47.5 Å². The molecule has 1 saturated heterocycles. The molecule has 0 radical (unpaired) electrons. The van der Waals surface area contributed by atoms with Gasteiger partial charge in [-0.2, -0.15) is 0 Å². The molecule has 2 aromatic rings. The Hall–Kier alpha value is -2.33. The van der Waals surface area contributed by atoms with Gasteiger partial charge in [0, 0.05) is 24.2 Å². The number of aldehydes is 1. The van der Waals surface area contributed by atoms with Crippen LogP contribution in [-0.4, -0.2) is 43.5 Å². The van der Waals surface area contributed by atoms with Gasteiger partial charge in [-0.1, -0.05) is 13.0 Å². The van der Waals surface area contributed by atoms with Gasteiger partial charge in [0.15, 0.2) is 0 Å². The summed E-state index contributed by atoms with van der Waals surface area (Å²) in [6.07, 6.45) is 5.20. The summed E-state index contributed by atoms with van der Waals surface area (Å²) in [6.45, 7) is 5.60. The number of aryl methyl sites for hydroxylation is 1. The summed E-state index contributed by atoms with van der Waals surface area (Å²) in [5, 5.41) is 0. The minimum atomic E-state index is 0.00924. The number of likely N-dealkylation sites (tertiary alicyclic amines) is 1. The number of ether oxygens (including phenoxy) is 2. The number of methoxy groups -OCH3 is 1. The maximum absolute atomic E-state index is 11.2. The number of fused-ring (bicyclic) bond motifs is 1. The predicted molar refractivity (Wildman–Crippen MR) is 107 cm³/mol. The van der Waals surface area contributed by atoms with Gasteiger partial charge in [0.25, 0.3) is 0 Å². The van der Waals surface area contributed by atoms with Gasteiger partial charge in [-0.05, 0) is 73.7 Å². The van der Waals surface area contributed by atoms with Gasteiger partial charge >= 0.3 is 0 Å². The maximum Gasteiger partial charge on any atom is 0.150 e. The van der Waals surface area contributed by atoms with E-state index in [1.165, 1.54) is 5.56 Å². The standard InChI is InChI=1S/C23H27NO3/c1-3-24-12-10-23(11-13-24)9-8-19-15-18(5-7-21(19)27-23)20-14-17(16-25)4-6-22(20)26-2/h4-7,14-16H,3,8-13H2,1-2H3. The molecule has 4 heteroatoms. The normalized spacial score (nSPS) is 18.6. The van der Waals surface area contributed by atoms with Crippen LogP contribution in [0.15, 0.2) is 36.4 Å². The average Bonchev–Trinajstić information content (AvgIpc) is 2.73. The van der Waals surface area contributed by atoms with Gasteiger partial charge in [-0.25, -0.2) is 0 Å². The van der Waals surface area contributed by atoms with E-state index in [4.69, 9.17) is 9.47 Å². The number of hydrogen-bond donors (Lipinski definition) is 0. The van der Waals surface area contributed by atoms with Crippen LogP contribution in [0.25, 0.3) is 11.1 Å². The molecule has 4 rings (SSSR count). The highest BCUT2D eigenvalue weighted by Gasteiger charge is 2.39. The van der Waals surface area contributed by atoms with Crippen LogP contribution >= 0.6 is 0 Å². The molecule has 0 bridgehead atoms. The first-order valence-electron chi connectivity index (χ1n) is 9.84. The van der Waals surface area contributed by atoms with E-state index in [0.29, 0.717) is 5.56 Å². The fourth-order valence-electron chi connectivity index (χ4n) is 4.34. The van der Waals surface area contributed by atoms with Crippen LogP contribution in [0.5, 0.6) is 11.5 Å². The number of nitrogens with zero attached hydrogens (tertiary/aromatic N) is 1. The Morgan fingerprint density at radius 3 is 2.67 bits per heavy atom. The van der Waals surface area contributed by atoms with Crippen molar-refractivity contribution in [1.82, 2.24) is 4.90 Å². The van der Waals surface area contributed by atoms with Gasteiger partial charge in [-0.15, -0.1) is 0 Å². The highest BCUT2D eigenvalue weighted by atomic mass is 16.5. The first-order chi connectivity index (χ1) is 13.2. The molecular weight excluding hydrogens is 338 g/mol. The number of piperidine rings is 1. The van der Waals surface area contributed by atoms with Crippen molar-refractivity contribution >= 4 is 6.29 Å². The first-order valence-corrected chi connectivity index (χ1v) is 9.84. The fraction of sp³-hybridized carbons (Fsp3) is 0.435. The van der Waals surface area contributed by atoms with Crippen LogP contribution in [0.4, 0.5) is 0 Å². The van der Waals surface area contributed by atoms with Crippen LogP contribution in [0, 0.1) is 0 Å². The topological polar surface area (TPSA) is 38.8 Å². The molecular formula is C23H27NO3. The molecule has 2 aliphatic heterocycles. The second kappa shape index (κ2) is 7.35. The van der Waals surface area contributed by atoms with Crippen molar-refractivity contribution in [2.24, 2.45) is 0 Å². The van der Waals surface area contributed by atoms with Gasteiger partial charge in [0.1, 0.15) is 23.4 Å². The monoisotopic (exact) mass is 365 g/mol.